The van der Waals surface area contributed by atoms with Gasteiger partial charge in [0.25, 0.3) is 0 Å². The third-order valence-electron chi connectivity index (χ3n) is 3.91. The first-order valence-electron chi connectivity index (χ1n) is 6.80. The molecular formula is C13H26N2. The first kappa shape index (κ1) is 11.4. The number of nitrogens with one attached hydrogen (secondary N) is 1. The lowest BCUT2D eigenvalue weighted by molar-refractivity contribution is 0.117. The van der Waals surface area contributed by atoms with Gasteiger partial charge in [-0.05, 0) is 31.6 Å². The molecule has 0 aromatic heterocycles. The van der Waals surface area contributed by atoms with Crippen molar-refractivity contribution >= 4 is 0 Å². The smallest absolute Gasteiger partial charge is 0.0218 e. The molecule has 0 amide bonds. The quantitative estimate of drug-likeness (QED) is 0.749. The van der Waals surface area contributed by atoms with Crippen LogP contribution in [-0.2, 0) is 0 Å². The van der Waals surface area contributed by atoms with Gasteiger partial charge in [0, 0.05) is 31.7 Å². The third kappa shape index (κ3) is 3.18. The molecule has 2 rings (SSSR count). The van der Waals surface area contributed by atoms with Gasteiger partial charge in [-0.25, -0.2) is 0 Å². The maximum atomic E-state index is 3.70. The standard InChI is InChI=1S/C13H26N2/c1-3-5-12-10-15(9-11-6-7-11)13(4-2)8-14-12/h11-14H,3-10H2,1-2H3. The average molecular weight is 210 g/mol. The van der Waals surface area contributed by atoms with Crippen LogP contribution in [0.1, 0.15) is 46.0 Å². The molecule has 88 valence electrons. The molecule has 0 spiro atoms. The van der Waals surface area contributed by atoms with Crippen molar-refractivity contribution in [2.45, 2.75) is 58.0 Å². The van der Waals surface area contributed by atoms with Crippen LogP contribution >= 0.6 is 0 Å². The Balaban J connectivity index is 1.83. The minimum Gasteiger partial charge on any atom is -0.311 e. The molecule has 0 aromatic rings. The highest BCUT2D eigenvalue weighted by molar-refractivity contribution is 4.88. The van der Waals surface area contributed by atoms with E-state index in [1.54, 1.807) is 0 Å². The lowest BCUT2D eigenvalue weighted by Gasteiger charge is -2.40. The van der Waals surface area contributed by atoms with Crippen molar-refractivity contribution in [3.05, 3.63) is 0 Å². The summed E-state index contributed by atoms with van der Waals surface area (Å²) in [6.45, 7) is 8.50. The molecule has 0 aromatic carbocycles. The van der Waals surface area contributed by atoms with Crippen molar-refractivity contribution in [2.24, 2.45) is 5.92 Å². The number of hydrogen-bond acceptors (Lipinski definition) is 2. The molecule has 1 aliphatic carbocycles. The fraction of sp³-hybridized carbons (Fsp3) is 1.00. The Labute approximate surface area is 94.4 Å². The number of rotatable bonds is 5. The molecule has 1 heterocycles. The Hall–Kier alpha value is -0.0800. The molecule has 2 unspecified atom stereocenters. The first-order chi connectivity index (χ1) is 7.33. The van der Waals surface area contributed by atoms with Gasteiger partial charge in [0.2, 0.25) is 0 Å². The van der Waals surface area contributed by atoms with Gasteiger partial charge in [-0.15, -0.1) is 0 Å². The van der Waals surface area contributed by atoms with E-state index in [2.05, 4.69) is 24.1 Å². The molecular weight excluding hydrogens is 184 g/mol. The van der Waals surface area contributed by atoms with Crippen molar-refractivity contribution in [3.63, 3.8) is 0 Å². The summed E-state index contributed by atoms with van der Waals surface area (Å²) in [5.74, 6) is 1.04. The Morgan fingerprint density at radius 1 is 1.27 bits per heavy atom. The molecule has 1 aliphatic heterocycles. The fourth-order valence-corrected chi connectivity index (χ4v) is 2.73. The zero-order chi connectivity index (χ0) is 10.7. The van der Waals surface area contributed by atoms with Crippen LogP contribution in [0.4, 0.5) is 0 Å². The van der Waals surface area contributed by atoms with E-state index in [1.807, 2.05) is 0 Å². The normalized spacial score (nSPS) is 33.2. The van der Waals surface area contributed by atoms with Crippen LogP contribution < -0.4 is 5.32 Å². The van der Waals surface area contributed by atoms with Crippen LogP contribution in [0.3, 0.4) is 0 Å². The van der Waals surface area contributed by atoms with Gasteiger partial charge in [-0.1, -0.05) is 20.3 Å². The van der Waals surface area contributed by atoms with Crippen LogP contribution in [0.15, 0.2) is 0 Å². The van der Waals surface area contributed by atoms with Crippen molar-refractivity contribution in [3.8, 4) is 0 Å². The summed E-state index contributed by atoms with van der Waals surface area (Å²) in [7, 11) is 0. The van der Waals surface area contributed by atoms with Gasteiger partial charge in [0.15, 0.2) is 0 Å². The van der Waals surface area contributed by atoms with Crippen LogP contribution in [0.25, 0.3) is 0 Å². The minimum atomic E-state index is 0.761. The number of hydrogen-bond donors (Lipinski definition) is 1. The Bertz CT molecular complexity index is 189. The molecule has 2 atom stereocenters. The summed E-state index contributed by atoms with van der Waals surface area (Å²) >= 11 is 0. The summed E-state index contributed by atoms with van der Waals surface area (Å²) < 4.78 is 0. The average Bonchev–Trinajstić information content (AvgIpc) is 3.03. The van der Waals surface area contributed by atoms with Crippen molar-refractivity contribution < 1.29 is 0 Å². The third-order valence-corrected chi connectivity index (χ3v) is 3.91. The van der Waals surface area contributed by atoms with Crippen LogP contribution in [0.5, 0.6) is 0 Å². The molecule has 2 aliphatic rings. The van der Waals surface area contributed by atoms with Crippen molar-refractivity contribution in [1.82, 2.24) is 10.2 Å². The molecule has 2 heteroatoms. The van der Waals surface area contributed by atoms with Gasteiger partial charge in [-0.3, -0.25) is 4.90 Å². The second kappa shape index (κ2) is 5.31. The van der Waals surface area contributed by atoms with E-state index in [0.717, 1.165) is 18.0 Å². The highest BCUT2D eigenvalue weighted by atomic mass is 15.2. The van der Waals surface area contributed by atoms with Gasteiger partial charge in [-0.2, -0.15) is 0 Å². The van der Waals surface area contributed by atoms with E-state index in [1.165, 1.54) is 51.7 Å². The second-order valence-corrected chi connectivity index (χ2v) is 5.35. The van der Waals surface area contributed by atoms with Crippen LogP contribution in [0, 0.1) is 5.92 Å². The predicted molar refractivity (Wildman–Crippen MR) is 65.1 cm³/mol. The van der Waals surface area contributed by atoms with Gasteiger partial charge < -0.3 is 5.32 Å². The van der Waals surface area contributed by atoms with Gasteiger partial charge >= 0.3 is 0 Å². The SMILES string of the molecule is CCCC1CN(CC2CC2)C(CC)CN1. The topological polar surface area (TPSA) is 15.3 Å². The molecule has 2 fully saturated rings. The molecule has 1 saturated heterocycles. The van der Waals surface area contributed by atoms with Crippen molar-refractivity contribution in [1.29, 1.82) is 0 Å². The fourth-order valence-electron chi connectivity index (χ4n) is 2.73. The highest BCUT2D eigenvalue weighted by Crippen LogP contribution is 2.31. The second-order valence-electron chi connectivity index (χ2n) is 5.35. The van der Waals surface area contributed by atoms with Crippen LogP contribution in [-0.4, -0.2) is 36.6 Å². The number of nitrogens with zero attached hydrogens (tertiary/aromatic N) is 1. The van der Waals surface area contributed by atoms with Crippen LogP contribution in [0.2, 0.25) is 0 Å². The Morgan fingerprint density at radius 2 is 2.07 bits per heavy atom. The predicted octanol–water partition coefficient (Wildman–Crippen LogP) is 2.25. The monoisotopic (exact) mass is 210 g/mol. The lowest BCUT2D eigenvalue weighted by atomic mass is 10.0. The lowest BCUT2D eigenvalue weighted by Crippen LogP contribution is -2.56. The summed E-state index contributed by atoms with van der Waals surface area (Å²) in [5.41, 5.74) is 0. The first-order valence-corrected chi connectivity index (χ1v) is 6.80. The largest absolute Gasteiger partial charge is 0.311 e. The Morgan fingerprint density at radius 3 is 2.67 bits per heavy atom. The zero-order valence-corrected chi connectivity index (χ0v) is 10.3. The molecule has 1 saturated carbocycles. The number of piperazine rings is 1. The summed E-state index contributed by atoms with van der Waals surface area (Å²) in [4.78, 5) is 2.76. The summed E-state index contributed by atoms with van der Waals surface area (Å²) in [6, 6.07) is 1.57. The van der Waals surface area contributed by atoms with E-state index in [-0.39, 0.29) is 0 Å². The maximum absolute atomic E-state index is 3.70. The van der Waals surface area contributed by atoms with E-state index in [0.29, 0.717) is 0 Å². The van der Waals surface area contributed by atoms with Gasteiger partial charge in [0.1, 0.15) is 0 Å². The zero-order valence-electron chi connectivity index (χ0n) is 10.3. The van der Waals surface area contributed by atoms with E-state index < -0.39 is 0 Å². The highest BCUT2D eigenvalue weighted by Gasteiger charge is 2.31. The minimum absolute atomic E-state index is 0.761. The van der Waals surface area contributed by atoms with E-state index in [9.17, 15) is 0 Å². The van der Waals surface area contributed by atoms with Gasteiger partial charge in [0.05, 0.1) is 0 Å². The molecule has 15 heavy (non-hydrogen) atoms. The Kier molecular flexibility index (Phi) is 4.04. The molecule has 0 bridgehead atoms. The van der Waals surface area contributed by atoms with E-state index >= 15 is 0 Å². The maximum Gasteiger partial charge on any atom is 0.0218 e. The molecule has 1 N–H and O–H groups in total. The van der Waals surface area contributed by atoms with E-state index in [4.69, 9.17) is 0 Å². The summed E-state index contributed by atoms with van der Waals surface area (Å²) in [5, 5.41) is 3.70. The van der Waals surface area contributed by atoms with Crippen molar-refractivity contribution in [2.75, 3.05) is 19.6 Å². The summed E-state index contributed by atoms with van der Waals surface area (Å²) in [6.07, 6.45) is 6.93. The molecule has 0 radical (unpaired) electrons. The molecule has 2 nitrogen and oxygen atoms in total.